The molecule has 2 atom stereocenters. The number of nitrogens with zero attached hydrogens (tertiary/aromatic N) is 6. The molecule has 4 rings (SSSR count). The number of rotatable bonds is 2. The van der Waals surface area contributed by atoms with Crippen LogP contribution in [0.4, 0.5) is 24.8 Å². The van der Waals surface area contributed by atoms with E-state index in [2.05, 4.69) is 25.1 Å². The van der Waals surface area contributed by atoms with Gasteiger partial charge in [0, 0.05) is 49.8 Å². The van der Waals surface area contributed by atoms with E-state index >= 15 is 0 Å². The van der Waals surface area contributed by atoms with Gasteiger partial charge in [-0.15, -0.1) is 10.2 Å². The van der Waals surface area contributed by atoms with Gasteiger partial charge in [0.25, 0.3) is 0 Å². The number of aryl methyl sites for hydroxylation is 1. The quantitative estimate of drug-likeness (QED) is 0.827. The first-order valence-corrected chi connectivity index (χ1v) is 8.09. The van der Waals surface area contributed by atoms with E-state index in [4.69, 9.17) is 0 Å². The van der Waals surface area contributed by atoms with E-state index in [1.54, 1.807) is 6.33 Å². The number of fused-ring (bicyclic) bond motifs is 1. The Kier molecular flexibility index (Phi) is 3.73. The van der Waals surface area contributed by atoms with Crippen LogP contribution < -0.4 is 9.80 Å². The molecule has 0 saturated carbocycles. The highest BCUT2D eigenvalue weighted by Gasteiger charge is 2.41. The summed E-state index contributed by atoms with van der Waals surface area (Å²) >= 11 is 0. The molecule has 2 saturated heterocycles. The number of anilines is 2. The van der Waals surface area contributed by atoms with Crippen molar-refractivity contribution in [3.63, 3.8) is 0 Å². The molecule has 4 heterocycles. The summed E-state index contributed by atoms with van der Waals surface area (Å²) in [7, 11) is 0. The fourth-order valence-electron chi connectivity index (χ4n) is 3.63. The van der Waals surface area contributed by atoms with E-state index in [1.165, 1.54) is 6.07 Å². The smallest absolute Gasteiger partial charge is 0.356 e. The second-order valence-electron chi connectivity index (χ2n) is 6.62. The topological polar surface area (TPSA) is 58.0 Å². The molecule has 0 N–H and O–H groups in total. The Morgan fingerprint density at radius 2 is 1.56 bits per heavy atom. The molecule has 2 aliphatic heterocycles. The first-order chi connectivity index (χ1) is 11.9. The molecular formula is C16H17F3N6. The van der Waals surface area contributed by atoms with E-state index in [-0.39, 0.29) is 0 Å². The molecule has 2 aromatic heterocycles. The number of hydrogen-bond donors (Lipinski definition) is 0. The van der Waals surface area contributed by atoms with Crippen LogP contribution in [0.2, 0.25) is 0 Å². The molecule has 2 aliphatic rings. The van der Waals surface area contributed by atoms with Crippen molar-refractivity contribution in [3.05, 3.63) is 35.9 Å². The van der Waals surface area contributed by atoms with Crippen molar-refractivity contribution in [3.8, 4) is 0 Å². The zero-order valence-electron chi connectivity index (χ0n) is 13.6. The minimum Gasteiger partial charge on any atom is -0.356 e. The molecule has 2 aromatic rings. The molecule has 0 spiro atoms. The summed E-state index contributed by atoms with van der Waals surface area (Å²) in [5.41, 5.74) is -0.0235. The van der Waals surface area contributed by atoms with E-state index in [1.807, 2.05) is 17.9 Å². The first kappa shape index (κ1) is 16.0. The van der Waals surface area contributed by atoms with Crippen LogP contribution in [-0.2, 0) is 6.18 Å². The molecule has 0 radical (unpaired) electrons. The Labute approximate surface area is 142 Å². The van der Waals surface area contributed by atoms with Gasteiger partial charge in [0.2, 0.25) is 0 Å². The maximum atomic E-state index is 12.6. The van der Waals surface area contributed by atoms with E-state index < -0.39 is 11.9 Å². The van der Waals surface area contributed by atoms with Gasteiger partial charge < -0.3 is 9.80 Å². The van der Waals surface area contributed by atoms with Crippen LogP contribution in [0.1, 0.15) is 11.4 Å². The minimum atomic E-state index is -4.46. The van der Waals surface area contributed by atoms with Gasteiger partial charge in [-0.3, -0.25) is 0 Å². The van der Waals surface area contributed by atoms with Crippen LogP contribution in [0.3, 0.4) is 0 Å². The molecule has 0 aliphatic carbocycles. The van der Waals surface area contributed by atoms with E-state index in [0.29, 0.717) is 17.7 Å². The van der Waals surface area contributed by atoms with Crippen molar-refractivity contribution < 1.29 is 13.2 Å². The van der Waals surface area contributed by atoms with Crippen LogP contribution in [0.5, 0.6) is 0 Å². The van der Waals surface area contributed by atoms with Gasteiger partial charge in [0.05, 0.1) is 0 Å². The summed E-state index contributed by atoms with van der Waals surface area (Å²) in [4.78, 5) is 12.7. The molecule has 132 valence electrons. The van der Waals surface area contributed by atoms with Crippen molar-refractivity contribution in [2.24, 2.45) is 11.8 Å². The standard InChI is InChI=1S/C16H17F3N6/c1-10-4-15(21-9-20-10)25-7-11-5-24(6-12(11)8-25)14-3-2-13(22-23-14)16(17,18)19/h2-4,9,11-12H,5-8H2,1H3. The predicted molar refractivity (Wildman–Crippen MR) is 85.2 cm³/mol. The minimum absolute atomic E-state index is 0.444. The predicted octanol–water partition coefficient (Wildman–Crippen LogP) is 2.17. The summed E-state index contributed by atoms with van der Waals surface area (Å²) in [5, 5.41) is 7.08. The van der Waals surface area contributed by atoms with E-state index in [0.717, 1.165) is 43.8 Å². The normalized spacial score (nSPS) is 23.2. The fraction of sp³-hybridized carbons (Fsp3) is 0.500. The van der Waals surface area contributed by atoms with Gasteiger partial charge in [0.15, 0.2) is 11.5 Å². The molecule has 25 heavy (non-hydrogen) atoms. The first-order valence-electron chi connectivity index (χ1n) is 8.09. The molecule has 2 unspecified atom stereocenters. The zero-order valence-corrected chi connectivity index (χ0v) is 13.6. The summed E-state index contributed by atoms with van der Waals surface area (Å²) in [5.74, 6) is 2.33. The lowest BCUT2D eigenvalue weighted by atomic mass is 10.0. The van der Waals surface area contributed by atoms with Crippen LogP contribution in [0.25, 0.3) is 0 Å². The lowest BCUT2D eigenvalue weighted by Gasteiger charge is -2.23. The van der Waals surface area contributed by atoms with Crippen LogP contribution in [-0.4, -0.2) is 46.3 Å². The Balaban J connectivity index is 1.42. The number of alkyl halides is 3. The van der Waals surface area contributed by atoms with Crippen LogP contribution >= 0.6 is 0 Å². The van der Waals surface area contributed by atoms with E-state index in [9.17, 15) is 13.2 Å². The Hall–Kier alpha value is -2.45. The van der Waals surface area contributed by atoms with Gasteiger partial charge in [-0.2, -0.15) is 13.2 Å². The molecular weight excluding hydrogens is 333 g/mol. The SMILES string of the molecule is Cc1cc(N2CC3CN(c4ccc(C(F)(F)F)nn4)CC3C2)ncn1. The second kappa shape index (κ2) is 5.82. The lowest BCUT2D eigenvalue weighted by molar-refractivity contribution is -0.141. The third-order valence-corrected chi connectivity index (χ3v) is 4.86. The zero-order chi connectivity index (χ0) is 17.6. The second-order valence-corrected chi connectivity index (χ2v) is 6.62. The van der Waals surface area contributed by atoms with Crippen LogP contribution in [0, 0.1) is 18.8 Å². The molecule has 0 amide bonds. The summed E-state index contributed by atoms with van der Waals surface area (Å²) < 4.78 is 37.8. The average Bonchev–Trinajstić information content (AvgIpc) is 3.13. The highest BCUT2D eigenvalue weighted by atomic mass is 19.4. The third-order valence-electron chi connectivity index (χ3n) is 4.86. The lowest BCUT2D eigenvalue weighted by Crippen LogP contribution is -2.30. The fourth-order valence-corrected chi connectivity index (χ4v) is 3.63. The van der Waals surface area contributed by atoms with Crippen molar-refractivity contribution in [2.45, 2.75) is 13.1 Å². The largest absolute Gasteiger partial charge is 0.435 e. The van der Waals surface area contributed by atoms with Crippen molar-refractivity contribution in [1.82, 2.24) is 20.2 Å². The highest BCUT2D eigenvalue weighted by molar-refractivity contribution is 5.44. The Morgan fingerprint density at radius 1 is 0.920 bits per heavy atom. The van der Waals surface area contributed by atoms with Crippen molar-refractivity contribution >= 4 is 11.6 Å². The monoisotopic (exact) mass is 350 g/mol. The summed E-state index contributed by atoms with van der Waals surface area (Å²) in [6, 6.07) is 4.37. The van der Waals surface area contributed by atoms with Gasteiger partial charge in [-0.1, -0.05) is 0 Å². The Bertz CT molecular complexity index is 749. The maximum absolute atomic E-state index is 12.6. The third kappa shape index (κ3) is 3.10. The number of halogens is 3. The van der Waals surface area contributed by atoms with Crippen molar-refractivity contribution in [1.29, 1.82) is 0 Å². The molecule has 9 heteroatoms. The Morgan fingerprint density at radius 3 is 2.08 bits per heavy atom. The molecule has 2 fully saturated rings. The summed E-state index contributed by atoms with van der Waals surface area (Å²) in [6.45, 7) is 5.24. The highest BCUT2D eigenvalue weighted by Crippen LogP contribution is 2.35. The van der Waals surface area contributed by atoms with Gasteiger partial charge in [-0.25, -0.2) is 9.97 Å². The van der Waals surface area contributed by atoms with Gasteiger partial charge in [-0.05, 0) is 19.1 Å². The van der Waals surface area contributed by atoms with Gasteiger partial charge >= 0.3 is 6.18 Å². The molecule has 0 bridgehead atoms. The molecule has 0 aromatic carbocycles. The average molecular weight is 350 g/mol. The van der Waals surface area contributed by atoms with Crippen molar-refractivity contribution in [2.75, 3.05) is 36.0 Å². The number of hydrogen-bond acceptors (Lipinski definition) is 6. The molecule has 6 nitrogen and oxygen atoms in total. The maximum Gasteiger partial charge on any atom is 0.435 e. The summed E-state index contributed by atoms with van der Waals surface area (Å²) in [6.07, 6.45) is -2.88. The number of aromatic nitrogens is 4. The van der Waals surface area contributed by atoms with Gasteiger partial charge in [0.1, 0.15) is 12.1 Å². The van der Waals surface area contributed by atoms with Crippen LogP contribution in [0.15, 0.2) is 24.5 Å².